The maximum atomic E-state index is 13.1. The van der Waals surface area contributed by atoms with Crippen LogP contribution in [0.3, 0.4) is 0 Å². The van der Waals surface area contributed by atoms with Crippen molar-refractivity contribution in [2.45, 2.75) is 478 Å². The van der Waals surface area contributed by atoms with Gasteiger partial charge in [0, 0.05) is 25.7 Å². The van der Waals surface area contributed by atoms with E-state index in [1.165, 1.54) is 257 Å². The highest BCUT2D eigenvalue weighted by Crippen LogP contribution is 2.45. The second-order valence-corrected chi connectivity index (χ2v) is 36.0. The third-order valence-electron chi connectivity index (χ3n) is 21.3. The first-order chi connectivity index (χ1) is 51.7. The molecular formula is C88H172O17P2. The molecule has 0 bridgehead atoms. The topological polar surface area (TPSA) is 237 Å². The van der Waals surface area contributed by atoms with Crippen LogP contribution in [0.4, 0.5) is 0 Å². The molecule has 636 valence electrons. The van der Waals surface area contributed by atoms with E-state index in [0.29, 0.717) is 25.7 Å². The molecule has 7 atom stereocenters. The minimum Gasteiger partial charge on any atom is -0.462 e. The van der Waals surface area contributed by atoms with Gasteiger partial charge in [-0.1, -0.05) is 409 Å². The Kier molecular flexibility index (Phi) is 75.3. The smallest absolute Gasteiger partial charge is 0.462 e. The number of carbonyl (C=O) groups is 4. The van der Waals surface area contributed by atoms with Crippen LogP contribution in [-0.4, -0.2) is 96.7 Å². The van der Waals surface area contributed by atoms with Gasteiger partial charge in [-0.2, -0.15) is 0 Å². The van der Waals surface area contributed by atoms with Gasteiger partial charge in [-0.05, 0) is 49.4 Å². The average Bonchev–Trinajstić information content (AvgIpc) is 0.902. The number of hydrogen-bond acceptors (Lipinski definition) is 15. The first-order valence-corrected chi connectivity index (χ1v) is 48.3. The molecule has 0 aromatic rings. The molecule has 0 aliphatic heterocycles. The van der Waals surface area contributed by atoms with Crippen molar-refractivity contribution in [2.24, 2.45) is 23.7 Å². The van der Waals surface area contributed by atoms with Gasteiger partial charge in [-0.25, -0.2) is 9.13 Å². The van der Waals surface area contributed by atoms with E-state index in [2.05, 4.69) is 55.4 Å². The van der Waals surface area contributed by atoms with Crippen LogP contribution in [0.5, 0.6) is 0 Å². The van der Waals surface area contributed by atoms with Gasteiger partial charge in [0.1, 0.15) is 19.3 Å². The third kappa shape index (κ3) is 79.1. The van der Waals surface area contributed by atoms with E-state index in [0.717, 1.165) is 120 Å². The van der Waals surface area contributed by atoms with Gasteiger partial charge < -0.3 is 33.8 Å². The van der Waals surface area contributed by atoms with E-state index in [1.54, 1.807) is 0 Å². The summed E-state index contributed by atoms with van der Waals surface area (Å²) in [4.78, 5) is 73.3. The lowest BCUT2D eigenvalue weighted by atomic mass is 9.99. The average molecular weight is 1560 g/mol. The van der Waals surface area contributed by atoms with Crippen molar-refractivity contribution in [1.82, 2.24) is 0 Å². The van der Waals surface area contributed by atoms with Gasteiger partial charge in [0.05, 0.1) is 26.4 Å². The van der Waals surface area contributed by atoms with Crippen LogP contribution in [0.1, 0.15) is 460 Å². The monoisotopic (exact) mass is 1560 g/mol. The molecule has 0 fully saturated rings. The fourth-order valence-electron chi connectivity index (χ4n) is 13.6. The number of phosphoric acid groups is 2. The Morgan fingerprint density at radius 3 is 0.664 bits per heavy atom. The van der Waals surface area contributed by atoms with Crippen LogP contribution in [0, 0.1) is 23.7 Å². The molecule has 0 heterocycles. The van der Waals surface area contributed by atoms with Crippen molar-refractivity contribution in [2.75, 3.05) is 39.6 Å². The summed E-state index contributed by atoms with van der Waals surface area (Å²) in [5, 5.41) is 10.7. The molecule has 17 nitrogen and oxygen atoms in total. The number of carbonyl (C=O) groups excluding carboxylic acids is 4. The fraction of sp³-hybridized carbons (Fsp3) is 0.955. The van der Waals surface area contributed by atoms with Crippen molar-refractivity contribution < 1.29 is 80.2 Å². The third-order valence-corrected chi connectivity index (χ3v) is 23.2. The van der Waals surface area contributed by atoms with E-state index in [4.69, 9.17) is 37.0 Å². The summed E-state index contributed by atoms with van der Waals surface area (Å²) in [6.45, 7) is 14.4. The van der Waals surface area contributed by atoms with Crippen molar-refractivity contribution >= 4 is 39.5 Å². The first-order valence-electron chi connectivity index (χ1n) is 45.3. The summed E-state index contributed by atoms with van der Waals surface area (Å²) in [5.41, 5.74) is 0. The summed E-state index contributed by atoms with van der Waals surface area (Å²) in [6.07, 6.45) is 66.7. The van der Waals surface area contributed by atoms with Crippen molar-refractivity contribution in [3.05, 3.63) is 0 Å². The Morgan fingerprint density at radius 1 is 0.262 bits per heavy atom. The molecule has 107 heavy (non-hydrogen) atoms. The SMILES string of the molecule is CCC(C)CCCCCCCCCCCCCCCCCCCCC(=O)O[C@H](COC(=O)CCCCCCCCC(C)CC)COP(=O)(O)OC[C@H](O)COP(=O)(O)OC[C@@H](COC(=O)CCCCCCCCCCCCCC(C)C)OC(=O)CCCCCCCCCCCCCCCCCCCCC(C)C. The molecule has 0 spiro atoms. The molecule has 0 saturated carbocycles. The molecule has 3 N–H and O–H groups in total. The van der Waals surface area contributed by atoms with Crippen LogP contribution in [0.25, 0.3) is 0 Å². The van der Waals surface area contributed by atoms with E-state index in [-0.39, 0.29) is 25.7 Å². The molecule has 0 amide bonds. The number of rotatable bonds is 85. The van der Waals surface area contributed by atoms with Gasteiger partial charge in [-0.15, -0.1) is 0 Å². The van der Waals surface area contributed by atoms with Crippen molar-refractivity contribution in [3.8, 4) is 0 Å². The van der Waals surface area contributed by atoms with Crippen LogP contribution in [0.2, 0.25) is 0 Å². The number of aliphatic hydroxyl groups is 1. The molecule has 19 heteroatoms. The van der Waals surface area contributed by atoms with Crippen LogP contribution >= 0.6 is 15.6 Å². The predicted molar refractivity (Wildman–Crippen MR) is 441 cm³/mol. The van der Waals surface area contributed by atoms with Gasteiger partial charge in [0.2, 0.25) is 0 Å². The molecule has 0 aliphatic rings. The molecular weight excluding hydrogens is 1390 g/mol. The predicted octanol–water partition coefficient (Wildman–Crippen LogP) is 26.7. The highest BCUT2D eigenvalue weighted by Gasteiger charge is 2.31. The summed E-state index contributed by atoms with van der Waals surface area (Å²) in [5.74, 6) is 1.09. The fourth-order valence-corrected chi connectivity index (χ4v) is 15.2. The van der Waals surface area contributed by atoms with E-state index >= 15 is 0 Å². The molecule has 0 aromatic heterocycles. The standard InChI is InChI=1S/C88H172O17P2/c1-9-80(7)66-58-50-42-36-30-24-20-16-12-14-18-22-26-32-39-45-55-63-71-88(93)105-84(75-99-86(91)69-61-53-47-46-51-59-67-81(8)10-2)77-103-107(96,97)101-73-82(89)72-100-106(94,95)102-76-83(74-98-85(90)68-60-52-43-37-33-27-29-35-41-49-57-65-79(5)6)104-87(92)70-62-54-44-38-31-25-21-17-13-11-15-19-23-28-34-40-48-56-64-78(3)4/h78-84,89H,9-77H2,1-8H3,(H,94,95)(H,96,97)/t80?,81?,82-,83-,84-/m1/s1. The van der Waals surface area contributed by atoms with E-state index in [9.17, 15) is 43.2 Å². The van der Waals surface area contributed by atoms with Gasteiger partial charge >= 0.3 is 39.5 Å². The van der Waals surface area contributed by atoms with Gasteiger partial charge in [0.15, 0.2) is 12.2 Å². The number of esters is 4. The maximum absolute atomic E-state index is 13.1. The van der Waals surface area contributed by atoms with Gasteiger partial charge in [0.25, 0.3) is 0 Å². The zero-order chi connectivity index (χ0) is 78.8. The summed E-state index contributed by atoms with van der Waals surface area (Å²) < 4.78 is 68.9. The second kappa shape index (κ2) is 76.7. The largest absolute Gasteiger partial charge is 0.472 e. The van der Waals surface area contributed by atoms with E-state index < -0.39 is 97.5 Å². The maximum Gasteiger partial charge on any atom is 0.472 e. The summed E-state index contributed by atoms with van der Waals surface area (Å²) in [6, 6.07) is 0. The first kappa shape index (κ1) is 105. The number of unbranched alkanes of at least 4 members (excludes halogenated alkanes) is 49. The summed E-state index contributed by atoms with van der Waals surface area (Å²) >= 11 is 0. The number of aliphatic hydroxyl groups excluding tert-OH is 1. The molecule has 4 unspecified atom stereocenters. The lowest BCUT2D eigenvalue weighted by molar-refractivity contribution is -0.161. The summed E-state index contributed by atoms with van der Waals surface area (Å²) in [7, 11) is -9.93. The Labute approximate surface area is 658 Å². The second-order valence-electron chi connectivity index (χ2n) is 33.1. The highest BCUT2D eigenvalue weighted by molar-refractivity contribution is 7.47. The van der Waals surface area contributed by atoms with Crippen molar-refractivity contribution in [1.29, 1.82) is 0 Å². The van der Waals surface area contributed by atoms with Crippen LogP contribution in [-0.2, 0) is 65.4 Å². The lowest BCUT2D eigenvalue weighted by Gasteiger charge is -2.21. The normalized spacial score (nSPS) is 14.4. The Morgan fingerprint density at radius 2 is 0.449 bits per heavy atom. The van der Waals surface area contributed by atoms with Crippen molar-refractivity contribution in [3.63, 3.8) is 0 Å². The molecule has 0 saturated heterocycles. The zero-order valence-corrected chi connectivity index (χ0v) is 72.6. The molecule has 0 rings (SSSR count). The zero-order valence-electron chi connectivity index (χ0n) is 70.8. The number of phosphoric ester groups is 2. The lowest BCUT2D eigenvalue weighted by Crippen LogP contribution is -2.30. The Hall–Kier alpha value is -1.94. The Balaban J connectivity index is 5.19. The number of ether oxygens (including phenoxy) is 4. The van der Waals surface area contributed by atoms with Crippen LogP contribution < -0.4 is 0 Å². The van der Waals surface area contributed by atoms with Gasteiger partial charge in [-0.3, -0.25) is 37.3 Å². The molecule has 0 radical (unpaired) electrons. The molecule has 0 aromatic carbocycles. The van der Waals surface area contributed by atoms with E-state index in [1.807, 2.05) is 0 Å². The minimum atomic E-state index is -4.97. The quantitative estimate of drug-likeness (QED) is 0.0222. The molecule has 0 aliphatic carbocycles. The minimum absolute atomic E-state index is 0.107. The number of hydrogen-bond donors (Lipinski definition) is 3. The van der Waals surface area contributed by atoms with Crippen LogP contribution in [0.15, 0.2) is 0 Å². The Bertz CT molecular complexity index is 2080. The highest BCUT2D eigenvalue weighted by atomic mass is 31.2.